The molecular weight excluding hydrogens is 310 g/mol. The Morgan fingerprint density at radius 2 is 2.42 bits per heavy atom. The molecule has 8 heteroatoms. The van der Waals surface area contributed by atoms with Gasteiger partial charge in [0, 0.05) is 37.9 Å². The van der Waals surface area contributed by atoms with Crippen LogP contribution in [-0.2, 0) is 11.3 Å². The van der Waals surface area contributed by atoms with Gasteiger partial charge in [0.25, 0.3) is 5.91 Å². The predicted octanol–water partition coefficient (Wildman–Crippen LogP) is 1.53. The third kappa shape index (κ3) is 3.43. The lowest BCUT2D eigenvalue weighted by Crippen LogP contribution is -2.31. The molecule has 1 amide bonds. The molecule has 0 unspecified atom stereocenters. The standard InChI is InChI=1S/C16H23N5O3/c1-3-21-13(5-7-18-21)15-11(6-8-24-15)10-17-16(22)12-9-14(20-19-12)23-4-2/h5,7,9,11,15H,3-4,6,8,10H2,1-2H3,(H,17,22)(H,19,20)/t11-,15+/m0/s1. The second kappa shape index (κ2) is 7.48. The van der Waals surface area contributed by atoms with E-state index in [1.54, 1.807) is 12.3 Å². The largest absolute Gasteiger partial charge is 0.477 e. The van der Waals surface area contributed by atoms with Crippen LogP contribution in [-0.4, -0.2) is 45.6 Å². The van der Waals surface area contributed by atoms with Crippen LogP contribution in [0.4, 0.5) is 0 Å². The molecule has 0 aliphatic carbocycles. The third-order valence-electron chi connectivity index (χ3n) is 4.17. The molecule has 1 fully saturated rings. The number of carbonyl (C=O) groups excluding carboxylic acids is 1. The number of hydrogen-bond donors (Lipinski definition) is 2. The van der Waals surface area contributed by atoms with Gasteiger partial charge in [-0.3, -0.25) is 14.6 Å². The Hall–Kier alpha value is -2.35. The van der Waals surface area contributed by atoms with Crippen molar-refractivity contribution in [2.45, 2.75) is 32.9 Å². The normalized spacial score (nSPS) is 20.2. The number of carbonyl (C=O) groups is 1. The first-order valence-corrected chi connectivity index (χ1v) is 8.32. The Kier molecular flexibility index (Phi) is 5.14. The molecule has 0 spiro atoms. The molecule has 1 saturated heterocycles. The highest BCUT2D eigenvalue weighted by atomic mass is 16.5. The van der Waals surface area contributed by atoms with Gasteiger partial charge in [0.05, 0.1) is 12.3 Å². The summed E-state index contributed by atoms with van der Waals surface area (Å²) in [6.45, 7) is 6.47. The SMILES string of the molecule is CCOc1cc(C(=O)NC[C@@H]2CCO[C@H]2c2ccnn2CC)[nH]n1. The van der Waals surface area contributed by atoms with Crippen LogP contribution in [0.5, 0.6) is 5.88 Å². The highest BCUT2D eigenvalue weighted by molar-refractivity contribution is 5.92. The Balaban J connectivity index is 1.59. The highest BCUT2D eigenvalue weighted by Gasteiger charge is 2.32. The van der Waals surface area contributed by atoms with E-state index >= 15 is 0 Å². The number of nitrogens with one attached hydrogen (secondary N) is 2. The van der Waals surface area contributed by atoms with E-state index in [0.29, 0.717) is 31.3 Å². The fraction of sp³-hybridized carbons (Fsp3) is 0.562. The Labute approximate surface area is 140 Å². The van der Waals surface area contributed by atoms with Crippen molar-refractivity contribution >= 4 is 5.91 Å². The number of hydrogen-bond acceptors (Lipinski definition) is 5. The lowest BCUT2D eigenvalue weighted by Gasteiger charge is -2.19. The van der Waals surface area contributed by atoms with E-state index in [0.717, 1.165) is 18.7 Å². The van der Waals surface area contributed by atoms with Crippen molar-refractivity contribution in [3.05, 3.63) is 29.7 Å². The summed E-state index contributed by atoms with van der Waals surface area (Å²) in [5.74, 6) is 0.463. The average molecular weight is 333 g/mol. The maximum absolute atomic E-state index is 12.2. The zero-order valence-corrected chi connectivity index (χ0v) is 14.0. The molecule has 2 aromatic rings. The fourth-order valence-corrected chi connectivity index (χ4v) is 2.98. The second-order valence-corrected chi connectivity index (χ2v) is 5.67. The molecule has 0 bridgehead atoms. The molecule has 24 heavy (non-hydrogen) atoms. The summed E-state index contributed by atoms with van der Waals surface area (Å²) >= 11 is 0. The molecule has 0 radical (unpaired) electrons. The summed E-state index contributed by atoms with van der Waals surface area (Å²) in [7, 11) is 0. The molecule has 1 aliphatic heterocycles. The summed E-state index contributed by atoms with van der Waals surface area (Å²) in [5, 5.41) is 13.9. The van der Waals surface area contributed by atoms with Crippen LogP contribution in [0.1, 0.15) is 42.6 Å². The van der Waals surface area contributed by atoms with Gasteiger partial charge in [-0.2, -0.15) is 5.10 Å². The zero-order chi connectivity index (χ0) is 16.9. The van der Waals surface area contributed by atoms with E-state index in [4.69, 9.17) is 9.47 Å². The van der Waals surface area contributed by atoms with Crippen molar-refractivity contribution in [1.82, 2.24) is 25.3 Å². The van der Waals surface area contributed by atoms with Crippen LogP contribution >= 0.6 is 0 Å². The van der Waals surface area contributed by atoms with Gasteiger partial charge in [-0.15, -0.1) is 5.10 Å². The number of amides is 1. The molecule has 0 saturated carbocycles. The summed E-state index contributed by atoms with van der Waals surface area (Å²) in [5.41, 5.74) is 1.46. The minimum atomic E-state index is -0.192. The number of rotatable bonds is 7. The lowest BCUT2D eigenvalue weighted by atomic mass is 9.99. The third-order valence-corrected chi connectivity index (χ3v) is 4.17. The molecule has 2 atom stereocenters. The van der Waals surface area contributed by atoms with Crippen molar-refractivity contribution in [1.29, 1.82) is 0 Å². The Morgan fingerprint density at radius 3 is 3.21 bits per heavy atom. The van der Waals surface area contributed by atoms with Crippen molar-refractivity contribution in [3.63, 3.8) is 0 Å². The summed E-state index contributed by atoms with van der Waals surface area (Å²) in [4.78, 5) is 12.2. The van der Waals surface area contributed by atoms with Gasteiger partial charge in [0.2, 0.25) is 5.88 Å². The topological polar surface area (TPSA) is 94.1 Å². The van der Waals surface area contributed by atoms with E-state index < -0.39 is 0 Å². The smallest absolute Gasteiger partial charge is 0.269 e. The number of aromatic nitrogens is 4. The van der Waals surface area contributed by atoms with Crippen LogP contribution < -0.4 is 10.1 Å². The van der Waals surface area contributed by atoms with Crippen molar-refractivity contribution in [2.75, 3.05) is 19.8 Å². The molecule has 2 N–H and O–H groups in total. The van der Waals surface area contributed by atoms with Gasteiger partial charge in [-0.25, -0.2) is 0 Å². The van der Waals surface area contributed by atoms with Gasteiger partial charge < -0.3 is 14.8 Å². The first-order valence-electron chi connectivity index (χ1n) is 8.32. The highest BCUT2D eigenvalue weighted by Crippen LogP contribution is 2.34. The minimum absolute atomic E-state index is 0.0338. The van der Waals surface area contributed by atoms with Crippen LogP contribution in [0.15, 0.2) is 18.3 Å². The van der Waals surface area contributed by atoms with Crippen molar-refractivity contribution in [3.8, 4) is 5.88 Å². The summed E-state index contributed by atoms with van der Waals surface area (Å²) in [6.07, 6.45) is 2.66. The van der Waals surface area contributed by atoms with Crippen molar-refractivity contribution < 1.29 is 14.3 Å². The van der Waals surface area contributed by atoms with Gasteiger partial charge in [0.1, 0.15) is 11.8 Å². The molecule has 8 nitrogen and oxygen atoms in total. The van der Waals surface area contributed by atoms with Crippen LogP contribution in [0, 0.1) is 5.92 Å². The van der Waals surface area contributed by atoms with E-state index in [9.17, 15) is 4.79 Å². The van der Waals surface area contributed by atoms with Gasteiger partial charge in [-0.1, -0.05) is 0 Å². The summed E-state index contributed by atoms with van der Waals surface area (Å²) < 4.78 is 13.1. The molecule has 3 rings (SSSR count). The molecule has 2 aromatic heterocycles. The number of nitrogens with zero attached hydrogens (tertiary/aromatic N) is 3. The Morgan fingerprint density at radius 1 is 1.54 bits per heavy atom. The average Bonchev–Trinajstić information content (AvgIpc) is 3.32. The number of H-pyrrole nitrogens is 1. The summed E-state index contributed by atoms with van der Waals surface area (Å²) in [6, 6.07) is 3.59. The lowest BCUT2D eigenvalue weighted by molar-refractivity contribution is 0.0793. The van der Waals surface area contributed by atoms with Gasteiger partial charge in [0.15, 0.2) is 0 Å². The van der Waals surface area contributed by atoms with E-state index in [1.807, 2.05) is 17.7 Å². The van der Waals surface area contributed by atoms with Gasteiger partial charge >= 0.3 is 0 Å². The van der Waals surface area contributed by atoms with E-state index in [2.05, 4.69) is 27.5 Å². The van der Waals surface area contributed by atoms with Crippen LogP contribution in [0.25, 0.3) is 0 Å². The first kappa shape index (κ1) is 16.5. The van der Waals surface area contributed by atoms with Crippen LogP contribution in [0.2, 0.25) is 0 Å². The number of aryl methyl sites for hydroxylation is 1. The zero-order valence-electron chi connectivity index (χ0n) is 14.0. The number of ether oxygens (including phenoxy) is 2. The molecular formula is C16H23N5O3. The van der Waals surface area contributed by atoms with E-state index in [1.165, 1.54) is 0 Å². The van der Waals surface area contributed by atoms with Crippen molar-refractivity contribution in [2.24, 2.45) is 5.92 Å². The molecule has 130 valence electrons. The second-order valence-electron chi connectivity index (χ2n) is 5.67. The monoisotopic (exact) mass is 333 g/mol. The quantitative estimate of drug-likeness (QED) is 0.801. The molecule has 1 aliphatic rings. The van der Waals surface area contributed by atoms with Crippen LogP contribution in [0.3, 0.4) is 0 Å². The van der Waals surface area contributed by atoms with Gasteiger partial charge in [-0.05, 0) is 26.3 Å². The maximum Gasteiger partial charge on any atom is 0.269 e. The minimum Gasteiger partial charge on any atom is -0.477 e. The molecule has 0 aromatic carbocycles. The number of aromatic amines is 1. The Bertz CT molecular complexity index is 681. The molecule has 3 heterocycles. The fourth-order valence-electron chi connectivity index (χ4n) is 2.98. The first-order chi connectivity index (χ1) is 11.7. The van der Waals surface area contributed by atoms with E-state index in [-0.39, 0.29) is 17.9 Å². The predicted molar refractivity (Wildman–Crippen MR) is 86.8 cm³/mol. The maximum atomic E-state index is 12.2.